The Labute approximate surface area is 121 Å². The van der Waals surface area contributed by atoms with E-state index in [9.17, 15) is 4.79 Å². The zero-order valence-corrected chi connectivity index (χ0v) is 12.4. The van der Waals surface area contributed by atoms with Crippen molar-refractivity contribution in [2.75, 3.05) is 0 Å². The zero-order chi connectivity index (χ0) is 13.8. The van der Waals surface area contributed by atoms with E-state index in [1.807, 2.05) is 43.5 Å². The van der Waals surface area contributed by atoms with Crippen LogP contribution in [0.2, 0.25) is 0 Å². The Bertz CT molecular complexity index is 563. The van der Waals surface area contributed by atoms with E-state index in [2.05, 4.69) is 10.3 Å². The van der Waals surface area contributed by atoms with Gasteiger partial charge in [-0.25, -0.2) is 4.98 Å². The van der Waals surface area contributed by atoms with Crippen LogP contribution in [0.25, 0.3) is 10.6 Å². The van der Waals surface area contributed by atoms with Gasteiger partial charge < -0.3 is 5.32 Å². The molecule has 2 aromatic rings. The Morgan fingerprint density at radius 2 is 2.05 bits per heavy atom. The van der Waals surface area contributed by atoms with Crippen LogP contribution in [0.1, 0.15) is 29.9 Å². The first-order chi connectivity index (χ1) is 9.10. The Kier molecular flexibility index (Phi) is 4.56. The first kappa shape index (κ1) is 14.0. The summed E-state index contributed by atoms with van der Waals surface area (Å²) in [5.74, 6) is 0.368. The second-order valence-electron chi connectivity index (χ2n) is 4.48. The highest BCUT2D eigenvalue weighted by Crippen LogP contribution is 2.24. The summed E-state index contributed by atoms with van der Waals surface area (Å²) in [5.41, 5.74) is 2.54. The maximum Gasteiger partial charge on any atom is 0.251 e. The van der Waals surface area contributed by atoms with Crippen LogP contribution < -0.4 is 5.32 Å². The molecule has 0 aliphatic carbocycles. The number of rotatable bonds is 4. The van der Waals surface area contributed by atoms with Crippen LogP contribution in [0.4, 0.5) is 0 Å². The molecule has 0 saturated heterocycles. The third kappa shape index (κ3) is 3.55. The fraction of sp³-hybridized carbons (Fsp3) is 0.286. The molecular weight excluding hydrogens is 280 g/mol. The fourth-order valence-corrected chi connectivity index (χ4v) is 2.66. The van der Waals surface area contributed by atoms with Crippen molar-refractivity contribution in [3.05, 3.63) is 40.9 Å². The lowest BCUT2D eigenvalue weighted by Gasteiger charge is -2.08. The molecule has 0 radical (unpaired) electrons. The maximum atomic E-state index is 11.8. The topological polar surface area (TPSA) is 42.0 Å². The monoisotopic (exact) mass is 294 g/mol. The summed E-state index contributed by atoms with van der Waals surface area (Å²) in [6, 6.07) is 7.58. The number of halogens is 1. The second kappa shape index (κ2) is 6.17. The first-order valence-electron chi connectivity index (χ1n) is 6.02. The lowest BCUT2D eigenvalue weighted by atomic mass is 10.1. The number of hydrogen-bond donors (Lipinski definition) is 1. The number of thiazole rings is 1. The van der Waals surface area contributed by atoms with Crippen molar-refractivity contribution in [3.8, 4) is 10.6 Å². The maximum absolute atomic E-state index is 11.8. The van der Waals surface area contributed by atoms with E-state index in [0.29, 0.717) is 11.4 Å². The van der Waals surface area contributed by atoms with Crippen molar-refractivity contribution in [2.24, 2.45) is 0 Å². The van der Waals surface area contributed by atoms with Crippen molar-refractivity contribution in [3.63, 3.8) is 0 Å². The summed E-state index contributed by atoms with van der Waals surface area (Å²) in [5, 5.41) is 5.73. The number of aromatic nitrogens is 1. The minimum Gasteiger partial charge on any atom is -0.350 e. The minimum atomic E-state index is -0.0536. The van der Waals surface area contributed by atoms with Gasteiger partial charge >= 0.3 is 0 Å². The minimum absolute atomic E-state index is 0.0536. The van der Waals surface area contributed by atoms with Crippen LogP contribution in [-0.4, -0.2) is 16.9 Å². The van der Waals surface area contributed by atoms with Gasteiger partial charge in [0.2, 0.25) is 0 Å². The van der Waals surface area contributed by atoms with Crippen molar-refractivity contribution >= 4 is 28.8 Å². The Morgan fingerprint density at radius 3 is 2.58 bits per heavy atom. The summed E-state index contributed by atoms with van der Waals surface area (Å²) < 4.78 is 0. The third-order valence-corrected chi connectivity index (χ3v) is 3.72. The van der Waals surface area contributed by atoms with E-state index in [0.717, 1.165) is 16.3 Å². The molecule has 1 aromatic heterocycles. The molecule has 0 saturated carbocycles. The number of nitrogens with one attached hydrogen (secondary N) is 1. The summed E-state index contributed by atoms with van der Waals surface area (Å²) in [4.78, 5) is 16.2. The number of benzene rings is 1. The molecule has 0 aliphatic rings. The summed E-state index contributed by atoms with van der Waals surface area (Å²) >= 11 is 7.29. The van der Waals surface area contributed by atoms with Crippen molar-refractivity contribution in [2.45, 2.75) is 25.8 Å². The molecule has 0 aliphatic heterocycles. The lowest BCUT2D eigenvalue weighted by Crippen LogP contribution is -2.29. The van der Waals surface area contributed by atoms with Crippen molar-refractivity contribution in [1.29, 1.82) is 0 Å². The molecule has 100 valence electrons. The van der Waals surface area contributed by atoms with Crippen LogP contribution in [0.5, 0.6) is 0 Å². The predicted molar refractivity (Wildman–Crippen MR) is 79.7 cm³/mol. The summed E-state index contributed by atoms with van der Waals surface area (Å²) in [6.45, 7) is 3.88. The molecule has 1 amide bonds. The van der Waals surface area contributed by atoms with Gasteiger partial charge in [-0.05, 0) is 26.0 Å². The molecular formula is C14H15ClN2OS. The molecule has 0 bridgehead atoms. The molecule has 0 spiro atoms. The standard InChI is InChI=1S/C14H15ClN2OS/c1-9(2)16-13(18)10-3-5-11(6-4-10)14-17-12(7-15)8-19-14/h3-6,8-9H,7H2,1-2H3,(H,16,18). The number of amides is 1. The first-order valence-corrected chi connectivity index (χ1v) is 7.43. The molecule has 1 heterocycles. The van der Waals surface area contributed by atoms with Gasteiger partial charge in [0.25, 0.3) is 5.91 Å². The molecule has 3 nitrogen and oxygen atoms in total. The number of nitrogens with zero attached hydrogens (tertiary/aromatic N) is 1. The molecule has 19 heavy (non-hydrogen) atoms. The highest BCUT2D eigenvalue weighted by molar-refractivity contribution is 7.13. The number of alkyl halides is 1. The largest absolute Gasteiger partial charge is 0.350 e. The highest BCUT2D eigenvalue weighted by Gasteiger charge is 2.08. The normalized spacial score (nSPS) is 10.7. The average Bonchev–Trinajstić information content (AvgIpc) is 2.87. The predicted octanol–water partition coefficient (Wildman–Crippen LogP) is 3.69. The van der Waals surface area contributed by atoms with E-state index in [1.165, 1.54) is 0 Å². The van der Waals surface area contributed by atoms with Gasteiger partial charge in [0.05, 0.1) is 11.6 Å². The average molecular weight is 295 g/mol. The third-order valence-electron chi connectivity index (χ3n) is 2.50. The van der Waals surface area contributed by atoms with Gasteiger partial charge in [0, 0.05) is 22.5 Å². The van der Waals surface area contributed by atoms with Gasteiger partial charge in [-0.3, -0.25) is 4.79 Å². The number of carbonyl (C=O) groups is 1. The summed E-state index contributed by atoms with van der Waals surface area (Å²) in [6.07, 6.45) is 0. The molecule has 0 fully saturated rings. The molecule has 2 rings (SSSR count). The van der Waals surface area contributed by atoms with E-state index in [1.54, 1.807) is 11.3 Å². The van der Waals surface area contributed by atoms with E-state index >= 15 is 0 Å². The van der Waals surface area contributed by atoms with Crippen molar-refractivity contribution in [1.82, 2.24) is 10.3 Å². The number of hydrogen-bond acceptors (Lipinski definition) is 3. The van der Waals surface area contributed by atoms with E-state index < -0.39 is 0 Å². The van der Waals surface area contributed by atoms with Crippen LogP contribution in [-0.2, 0) is 5.88 Å². The molecule has 0 unspecified atom stereocenters. The van der Waals surface area contributed by atoms with Crippen LogP contribution in [0.3, 0.4) is 0 Å². The van der Waals surface area contributed by atoms with Gasteiger partial charge in [-0.1, -0.05) is 12.1 Å². The Balaban J connectivity index is 2.16. The van der Waals surface area contributed by atoms with Gasteiger partial charge in [-0.15, -0.1) is 22.9 Å². The quantitative estimate of drug-likeness (QED) is 0.874. The second-order valence-corrected chi connectivity index (χ2v) is 5.61. The van der Waals surface area contributed by atoms with Crippen LogP contribution >= 0.6 is 22.9 Å². The SMILES string of the molecule is CC(C)NC(=O)c1ccc(-c2nc(CCl)cs2)cc1. The Morgan fingerprint density at radius 1 is 1.37 bits per heavy atom. The zero-order valence-electron chi connectivity index (χ0n) is 10.8. The van der Waals surface area contributed by atoms with Crippen LogP contribution in [0, 0.1) is 0 Å². The van der Waals surface area contributed by atoms with Gasteiger partial charge in [0.15, 0.2) is 0 Å². The van der Waals surface area contributed by atoms with Gasteiger partial charge in [0.1, 0.15) is 5.01 Å². The summed E-state index contributed by atoms with van der Waals surface area (Å²) in [7, 11) is 0. The van der Waals surface area contributed by atoms with E-state index in [-0.39, 0.29) is 11.9 Å². The lowest BCUT2D eigenvalue weighted by molar-refractivity contribution is 0.0943. The Hall–Kier alpha value is -1.39. The van der Waals surface area contributed by atoms with Crippen molar-refractivity contribution < 1.29 is 4.79 Å². The fourth-order valence-electron chi connectivity index (χ4n) is 1.61. The van der Waals surface area contributed by atoms with Gasteiger partial charge in [-0.2, -0.15) is 0 Å². The smallest absolute Gasteiger partial charge is 0.251 e. The molecule has 5 heteroatoms. The van der Waals surface area contributed by atoms with Crippen LogP contribution in [0.15, 0.2) is 29.6 Å². The molecule has 1 aromatic carbocycles. The van der Waals surface area contributed by atoms with E-state index in [4.69, 9.17) is 11.6 Å². The number of carbonyl (C=O) groups excluding carboxylic acids is 1. The molecule has 0 atom stereocenters. The molecule has 1 N–H and O–H groups in total. The highest BCUT2D eigenvalue weighted by atomic mass is 35.5.